The van der Waals surface area contributed by atoms with Gasteiger partial charge in [-0.15, -0.1) is 0 Å². The van der Waals surface area contributed by atoms with Crippen molar-refractivity contribution in [1.29, 1.82) is 0 Å². The second-order valence-electron chi connectivity index (χ2n) is 6.06. The van der Waals surface area contributed by atoms with E-state index in [1.807, 2.05) is 13.8 Å². The van der Waals surface area contributed by atoms with Crippen molar-refractivity contribution < 1.29 is 19.1 Å². The summed E-state index contributed by atoms with van der Waals surface area (Å²) < 4.78 is 10.8. The average Bonchev–Trinajstić information content (AvgIpc) is 2.93. The molecule has 4 nitrogen and oxygen atoms in total. The third-order valence-corrected chi connectivity index (χ3v) is 4.70. The number of fused-ring (bicyclic) bond motifs is 1. The molecule has 4 atom stereocenters. The molecule has 19 heavy (non-hydrogen) atoms. The van der Waals surface area contributed by atoms with Gasteiger partial charge >= 0.3 is 11.9 Å². The Balaban J connectivity index is 2.03. The molecule has 0 radical (unpaired) electrons. The first-order valence-corrected chi connectivity index (χ1v) is 7.43. The van der Waals surface area contributed by atoms with Gasteiger partial charge in [-0.1, -0.05) is 20.3 Å². The summed E-state index contributed by atoms with van der Waals surface area (Å²) in [7, 11) is 0. The lowest BCUT2D eigenvalue weighted by atomic mass is 9.83. The Morgan fingerprint density at radius 3 is 2.79 bits per heavy atom. The van der Waals surface area contributed by atoms with Crippen molar-refractivity contribution in [3.05, 3.63) is 0 Å². The maximum Gasteiger partial charge on any atom is 0.348 e. The summed E-state index contributed by atoms with van der Waals surface area (Å²) in [4.78, 5) is 24.1. The number of carbonyl (C=O) groups is 2. The van der Waals surface area contributed by atoms with Crippen LogP contribution in [0.4, 0.5) is 0 Å². The van der Waals surface area contributed by atoms with Gasteiger partial charge in [-0.05, 0) is 39.0 Å². The van der Waals surface area contributed by atoms with E-state index >= 15 is 0 Å². The van der Waals surface area contributed by atoms with E-state index in [1.165, 1.54) is 0 Å². The smallest absolute Gasteiger partial charge is 0.348 e. The van der Waals surface area contributed by atoms with Crippen LogP contribution in [-0.2, 0) is 19.1 Å². The molecule has 1 aliphatic heterocycles. The molecule has 1 saturated carbocycles. The fourth-order valence-corrected chi connectivity index (χ4v) is 3.21. The molecule has 0 bridgehead atoms. The van der Waals surface area contributed by atoms with Gasteiger partial charge in [0, 0.05) is 5.92 Å². The van der Waals surface area contributed by atoms with Gasteiger partial charge in [0.15, 0.2) is 0 Å². The molecule has 1 saturated heterocycles. The predicted octanol–water partition coefficient (Wildman–Crippen LogP) is 2.84. The van der Waals surface area contributed by atoms with E-state index in [0.29, 0.717) is 0 Å². The zero-order valence-electron chi connectivity index (χ0n) is 12.1. The number of hydrogen-bond donors (Lipinski definition) is 0. The van der Waals surface area contributed by atoms with Crippen molar-refractivity contribution in [2.45, 2.75) is 71.5 Å². The summed E-state index contributed by atoms with van der Waals surface area (Å²) in [5, 5.41) is 0. The predicted molar refractivity (Wildman–Crippen MR) is 70.4 cm³/mol. The average molecular weight is 268 g/mol. The molecule has 1 heterocycles. The van der Waals surface area contributed by atoms with Gasteiger partial charge in [0.2, 0.25) is 6.10 Å². The minimum absolute atomic E-state index is 0.0237. The molecule has 2 aliphatic rings. The van der Waals surface area contributed by atoms with E-state index in [9.17, 15) is 9.59 Å². The van der Waals surface area contributed by atoms with E-state index in [-0.39, 0.29) is 24.0 Å². The number of carbonyl (C=O) groups excluding carboxylic acids is 2. The van der Waals surface area contributed by atoms with Crippen molar-refractivity contribution in [3.63, 3.8) is 0 Å². The molecular weight excluding hydrogens is 244 g/mol. The molecule has 4 unspecified atom stereocenters. The van der Waals surface area contributed by atoms with E-state index in [1.54, 1.807) is 0 Å². The molecule has 1 aliphatic carbocycles. The molecule has 0 spiro atoms. The first-order chi connectivity index (χ1) is 9.01. The first-order valence-electron chi connectivity index (χ1n) is 7.43. The maximum absolute atomic E-state index is 12.3. The minimum Gasteiger partial charge on any atom is -0.459 e. The van der Waals surface area contributed by atoms with Gasteiger partial charge in [-0.3, -0.25) is 4.79 Å². The van der Waals surface area contributed by atoms with Crippen molar-refractivity contribution in [2.75, 3.05) is 0 Å². The molecule has 108 valence electrons. The van der Waals surface area contributed by atoms with Crippen molar-refractivity contribution in [1.82, 2.24) is 0 Å². The molecule has 0 aromatic carbocycles. The van der Waals surface area contributed by atoms with Crippen molar-refractivity contribution in [2.24, 2.45) is 11.3 Å². The number of ether oxygens (including phenoxy) is 2. The molecule has 0 amide bonds. The fraction of sp³-hybridized carbons (Fsp3) is 0.867. The van der Waals surface area contributed by atoms with E-state index in [4.69, 9.17) is 9.47 Å². The highest BCUT2D eigenvalue weighted by Gasteiger charge is 2.50. The molecular formula is C15H24O4. The summed E-state index contributed by atoms with van der Waals surface area (Å²) in [5.41, 5.74) is -0.480. The zero-order valence-corrected chi connectivity index (χ0v) is 12.1. The largest absolute Gasteiger partial charge is 0.459 e. The van der Waals surface area contributed by atoms with Crippen molar-refractivity contribution >= 4 is 11.9 Å². The summed E-state index contributed by atoms with van der Waals surface area (Å²) >= 11 is 0. The van der Waals surface area contributed by atoms with Crippen LogP contribution in [-0.4, -0.2) is 24.1 Å². The number of hydrogen-bond acceptors (Lipinski definition) is 4. The molecule has 0 aromatic rings. The Kier molecular flexibility index (Phi) is 4.16. The Morgan fingerprint density at radius 1 is 1.42 bits per heavy atom. The third-order valence-electron chi connectivity index (χ3n) is 4.70. The van der Waals surface area contributed by atoms with Gasteiger partial charge in [0.05, 0.1) is 5.41 Å². The Hall–Kier alpha value is -1.06. The maximum atomic E-state index is 12.3. The third kappa shape index (κ3) is 2.63. The SMILES string of the molecule is CCCC(C)(CC)C(=O)OC1C(=O)OC2CCCC21. The highest BCUT2D eigenvalue weighted by molar-refractivity contribution is 5.83. The second kappa shape index (κ2) is 5.51. The quantitative estimate of drug-likeness (QED) is 0.719. The molecule has 0 aromatic heterocycles. The molecule has 2 rings (SSSR count). The van der Waals surface area contributed by atoms with Gasteiger partial charge < -0.3 is 9.47 Å². The minimum atomic E-state index is -0.664. The fourth-order valence-electron chi connectivity index (χ4n) is 3.21. The van der Waals surface area contributed by atoms with Gasteiger partial charge in [-0.25, -0.2) is 4.79 Å². The second-order valence-corrected chi connectivity index (χ2v) is 6.06. The van der Waals surface area contributed by atoms with Crippen LogP contribution < -0.4 is 0 Å². The Bertz CT molecular complexity index is 365. The van der Waals surface area contributed by atoms with Crippen LogP contribution in [0.5, 0.6) is 0 Å². The summed E-state index contributed by atoms with van der Waals surface area (Å²) in [5.74, 6) is -0.511. The monoisotopic (exact) mass is 268 g/mol. The van der Waals surface area contributed by atoms with Crippen LogP contribution in [0, 0.1) is 11.3 Å². The van der Waals surface area contributed by atoms with Gasteiger partial charge in [0.1, 0.15) is 6.10 Å². The van der Waals surface area contributed by atoms with E-state index in [2.05, 4.69) is 6.92 Å². The summed E-state index contributed by atoms with van der Waals surface area (Å²) in [6.45, 7) is 5.96. The topological polar surface area (TPSA) is 52.6 Å². The molecule has 0 N–H and O–H groups in total. The van der Waals surface area contributed by atoms with Gasteiger partial charge in [-0.2, -0.15) is 0 Å². The highest BCUT2D eigenvalue weighted by atomic mass is 16.6. The van der Waals surface area contributed by atoms with Gasteiger partial charge in [0.25, 0.3) is 0 Å². The highest BCUT2D eigenvalue weighted by Crippen LogP contribution is 2.39. The number of esters is 2. The zero-order chi connectivity index (χ0) is 14.0. The van der Waals surface area contributed by atoms with Crippen molar-refractivity contribution in [3.8, 4) is 0 Å². The lowest BCUT2D eigenvalue weighted by molar-refractivity contribution is -0.170. The number of rotatable bonds is 5. The summed E-state index contributed by atoms with van der Waals surface area (Å²) in [6, 6.07) is 0. The standard InChI is InChI=1S/C15H24O4/c1-4-9-15(3,5-2)14(17)19-12-10-7-6-8-11(10)18-13(12)16/h10-12H,4-9H2,1-3H3. The summed E-state index contributed by atoms with van der Waals surface area (Å²) in [6.07, 6.45) is 4.65. The normalized spacial score (nSPS) is 32.6. The van der Waals surface area contributed by atoms with E-state index < -0.39 is 11.5 Å². The Morgan fingerprint density at radius 2 is 2.16 bits per heavy atom. The van der Waals surface area contributed by atoms with Crippen LogP contribution in [0.1, 0.15) is 59.3 Å². The van der Waals surface area contributed by atoms with Crippen LogP contribution in [0.25, 0.3) is 0 Å². The first kappa shape index (κ1) is 14.4. The lowest BCUT2D eigenvalue weighted by Crippen LogP contribution is -2.36. The molecule has 4 heteroatoms. The lowest BCUT2D eigenvalue weighted by Gasteiger charge is -2.27. The van der Waals surface area contributed by atoms with E-state index in [0.717, 1.165) is 38.5 Å². The van der Waals surface area contributed by atoms with Crippen LogP contribution in [0.2, 0.25) is 0 Å². The van der Waals surface area contributed by atoms with Crippen LogP contribution in [0.15, 0.2) is 0 Å². The van der Waals surface area contributed by atoms with Crippen LogP contribution >= 0.6 is 0 Å². The van der Waals surface area contributed by atoms with Crippen LogP contribution in [0.3, 0.4) is 0 Å². The Labute approximate surface area is 114 Å². The molecule has 2 fully saturated rings.